The van der Waals surface area contributed by atoms with Crippen molar-refractivity contribution in [3.8, 4) is 11.4 Å². The second-order valence-electron chi connectivity index (χ2n) is 12.3. The number of urea groups is 1. The van der Waals surface area contributed by atoms with Gasteiger partial charge in [0, 0.05) is 18.1 Å². The Morgan fingerprint density at radius 3 is 1.29 bits per heavy atom. The third kappa shape index (κ3) is 6.09. The molecule has 0 aliphatic carbocycles. The number of carbonyl (C=O) groups is 1. The van der Waals surface area contributed by atoms with E-state index in [4.69, 9.17) is 4.99 Å². The first kappa shape index (κ1) is 30.1. The van der Waals surface area contributed by atoms with Gasteiger partial charge in [0.15, 0.2) is 0 Å². The number of para-hydroxylation sites is 3. The van der Waals surface area contributed by atoms with Crippen LogP contribution in [0.3, 0.4) is 0 Å². The lowest BCUT2D eigenvalue weighted by atomic mass is 9.92. The van der Waals surface area contributed by atoms with E-state index in [9.17, 15) is 4.79 Å². The summed E-state index contributed by atoms with van der Waals surface area (Å²) in [4.78, 5) is 18.5. The zero-order valence-corrected chi connectivity index (χ0v) is 26.4. The first-order valence-corrected chi connectivity index (χ1v) is 14.9. The van der Waals surface area contributed by atoms with Gasteiger partial charge in [0.25, 0.3) is 0 Å². The van der Waals surface area contributed by atoms with E-state index in [1.165, 1.54) is 22.3 Å². The highest BCUT2D eigenvalue weighted by atomic mass is 16.2. The Balaban J connectivity index is 2.09. The molecular formula is C36H46N4O. The maximum Gasteiger partial charge on any atom is 0.348 e. The molecular weight excluding hydrogens is 504 g/mol. The summed E-state index contributed by atoms with van der Waals surface area (Å²) in [6, 6.07) is 18.7. The summed E-state index contributed by atoms with van der Waals surface area (Å²) < 4.78 is 4.24. The van der Waals surface area contributed by atoms with Crippen LogP contribution in [0.25, 0.3) is 11.4 Å². The average Bonchev–Trinajstić information content (AvgIpc) is 3.32. The molecule has 0 aliphatic heterocycles. The van der Waals surface area contributed by atoms with Crippen LogP contribution >= 0.6 is 0 Å². The fraction of sp³-hybridized carbons (Fsp3) is 0.389. The van der Waals surface area contributed by atoms with Crippen LogP contribution in [-0.2, 0) is 0 Å². The molecule has 0 saturated carbocycles. The first-order chi connectivity index (χ1) is 19.4. The minimum atomic E-state index is -0.391. The highest BCUT2D eigenvalue weighted by molar-refractivity contribution is 5.91. The van der Waals surface area contributed by atoms with E-state index >= 15 is 0 Å². The Morgan fingerprint density at radius 2 is 0.951 bits per heavy atom. The number of hydrogen-bond donors (Lipinski definition) is 1. The molecule has 4 aromatic rings. The number of aryl methyl sites for hydroxylation is 2. The third-order valence-electron chi connectivity index (χ3n) is 7.88. The summed E-state index contributed by atoms with van der Waals surface area (Å²) >= 11 is 0. The minimum absolute atomic E-state index is 0.296. The van der Waals surface area contributed by atoms with Crippen molar-refractivity contribution >= 4 is 11.7 Å². The molecule has 5 nitrogen and oxygen atoms in total. The van der Waals surface area contributed by atoms with E-state index in [1.807, 2.05) is 32.0 Å². The average molecular weight is 551 g/mol. The smallest absolute Gasteiger partial charge is 0.305 e. The normalized spacial score (nSPS) is 11.7. The number of amides is 2. The van der Waals surface area contributed by atoms with Crippen LogP contribution < -0.4 is 10.9 Å². The van der Waals surface area contributed by atoms with E-state index in [0.29, 0.717) is 29.3 Å². The number of nitrogens with zero attached hydrogens (tertiary/aromatic N) is 3. The number of aromatic nitrogens is 2. The molecule has 0 spiro atoms. The lowest BCUT2D eigenvalue weighted by Crippen LogP contribution is -2.29. The highest BCUT2D eigenvalue weighted by Crippen LogP contribution is 2.33. The molecule has 0 unspecified atom stereocenters. The number of imidazole rings is 1. The molecule has 3 aromatic carbocycles. The van der Waals surface area contributed by atoms with Crippen LogP contribution in [0.5, 0.6) is 0 Å². The van der Waals surface area contributed by atoms with Gasteiger partial charge in [-0.25, -0.2) is 4.79 Å². The molecule has 2 amide bonds. The zero-order chi connectivity index (χ0) is 30.0. The van der Waals surface area contributed by atoms with Crippen LogP contribution in [0.4, 0.5) is 10.5 Å². The highest BCUT2D eigenvalue weighted by Gasteiger charge is 2.22. The lowest BCUT2D eigenvalue weighted by molar-refractivity contribution is 0.258. The van der Waals surface area contributed by atoms with Gasteiger partial charge in [-0.15, -0.1) is 0 Å². The van der Waals surface area contributed by atoms with E-state index < -0.39 is 6.03 Å². The predicted molar refractivity (Wildman–Crippen MR) is 172 cm³/mol. The van der Waals surface area contributed by atoms with Crippen molar-refractivity contribution < 1.29 is 4.79 Å². The van der Waals surface area contributed by atoms with Gasteiger partial charge >= 0.3 is 6.03 Å². The molecule has 0 fully saturated rings. The lowest BCUT2D eigenvalue weighted by Gasteiger charge is -2.22. The molecule has 41 heavy (non-hydrogen) atoms. The second-order valence-corrected chi connectivity index (χ2v) is 12.3. The summed E-state index contributed by atoms with van der Waals surface area (Å²) in [6.45, 7) is 21.8. The summed E-state index contributed by atoms with van der Waals surface area (Å²) in [6.07, 6.45) is 4.14. The quantitative estimate of drug-likeness (QED) is 0.245. The predicted octanol–water partition coefficient (Wildman–Crippen LogP) is 9.51. The van der Waals surface area contributed by atoms with Crippen molar-refractivity contribution in [3.05, 3.63) is 106 Å². The SMILES string of the molecule is Cc1cccc(C)c1NC(=O)N=c1n(-c2c(C(C)C)cccc2C(C)C)ccn1-c1c(C(C)C)cccc1C(C)C. The summed E-state index contributed by atoms with van der Waals surface area (Å²) in [5.74, 6) is 1.19. The van der Waals surface area contributed by atoms with Crippen LogP contribution in [0.15, 0.2) is 72.0 Å². The van der Waals surface area contributed by atoms with Crippen LogP contribution in [-0.4, -0.2) is 15.2 Å². The van der Waals surface area contributed by atoms with Crippen molar-refractivity contribution in [1.82, 2.24) is 9.13 Å². The Kier molecular flexibility index (Phi) is 9.06. The van der Waals surface area contributed by atoms with Gasteiger partial charge in [0.2, 0.25) is 5.62 Å². The molecule has 1 N–H and O–H groups in total. The van der Waals surface area contributed by atoms with E-state index in [0.717, 1.165) is 28.2 Å². The summed E-state index contributed by atoms with van der Waals surface area (Å²) in [5.41, 5.74) is 10.5. The molecule has 5 heteroatoms. The Labute approximate surface area is 246 Å². The summed E-state index contributed by atoms with van der Waals surface area (Å²) in [7, 11) is 0. The third-order valence-corrected chi connectivity index (χ3v) is 7.88. The van der Waals surface area contributed by atoms with E-state index in [-0.39, 0.29) is 0 Å². The maximum absolute atomic E-state index is 13.7. The molecule has 1 aromatic heterocycles. The van der Waals surface area contributed by atoms with Gasteiger partial charge in [-0.05, 0) is 70.9 Å². The van der Waals surface area contributed by atoms with Crippen LogP contribution in [0, 0.1) is 13.8 Å². The number of anilines is 1. The number of nitrogens with one attached hydrogen (secondary N) is 1. The van der Waals surface area contributed by atoms with Crippen LogP contribution in [0.1, 0.15) is 112 Å². The fourth-order valence-electron chi connectivity index (χ4n) is 5.66. The standard InChI is InChI=1S/C36H46N4O/c1-22(2)28-16-12-17-29(23(3)4)33(28)39-20-21-40(34-30(24(5)6)18-13-19-31(34)25(7)8)36(39)38-35(41)37-32-26(9)14-11-15-27(32)10/h11-25H,1-10H3,(H,37,41). The summed E-state index contributed by atoms with van der Waals surface area (Å²) in [5, 5.41) is 3.09. The molecule has 1 heterocycles. The molecule has 0 atom stereocenters. The molecule has 0 radical (unpaired) electrons. The van der Waals surface area contributed by atoms with Crippen molar-refractivity contribution in [1.29, 1.82) is 0 Å². The van der Waals surface area contributed by atoms with Gasteiger partial charge in [-0.1, -0.05) is 110 Å². The van der Waals surface area contributed by atoms with Gasteiger partial charge in [-0.2, -0.15) is 4.99 Å². The largest absolute Gasteiger partial charge is 0.348 e. The molecule has 0 bridgehead atoms. The zero-order valence-electron chi connectivity index (χ0n) is 26.4. The minimum Gasteiger partial charge on any atom is -0.305 e. The second kappa shape index (κ2) is 12.3. The van der Waals surface area contributed by atoms with Gasteiger partial charge in [0.05, 0.1) is 11.4 Å². The molecule has 216 valence electrons. The topological polar surface area (TPSA) is 51.3 Å². The van der Waals surface area contributed by atoms with Gasteiger partial charge < -0.3 is 5.32 Å². The Bertz CT molecular complexity index is 1460. The van der Waals surface area contributed by atoms with Gasteiger partial charge in [0.1, 0.15) is 0 Å². The van der Waals surface area contributed by atoms with Crippen molar-refractivity contribution in [2.75, 3.05) is 5.32 Å². The molecule has 0 saturated heterocycles. The van der Waals surface area contributed by atoms with Crippen molar-refractivity contribution in [3.63, 3.8) is 0 Å². The van der Waals surface area contributed by atoms with Gasteiger partial charge in [-0.3, -0.25) is 9.13 Å². The number of hydrogen-bond acceptors (Lipinski definition) is 1. The Hall–Kier alpha value is -3.86. The van der Waals surface area contributed by atoms with Crippen molar-refractivity contribution in [2.24, 2.45) is 4.99 Å². The molecule has 4 rings (SSSR count). The van der Waals surface area contributed by atoms with E-state index in [1.54, 1.807) is 0 Å². The fourth-order valence-corrected chi connectivity index (χ4v) is 5.66. The monoisotopic (exact) mass is 550 g/mol. The molecule has 0 aliphatic rings. The van der Waals surface area contributed by atoms with E-state index in [2.05, 4.69) is 119 Å². The first-order valence-electron chi connectivity index (χ1n) is 14.9. The van der Waals surface area contributed by atoms with Crippen LogP contribution in [0.2, 0.25) is 0 Å². The number of rotatable bonds is 7. The number of benzene rings is 3. The van der Waals surface area contributed by atoms with Crippen molar-refractivity contribution in [2.45, 2.75) is 92.9 Å². The maximum atomic E-state index is 13.7. The number of carbonyl (C=O) groups excluding carboxylic acids is 1. The Morgan fingerprint density at radius 1 is 0.610 bits per heavy atom.